The number of rotatable bonds is 6. The van der Waals surface area contributed by atoms with Gasteiger partial charge in [0.25, 0.3) is 0 Å². The molecule has 1 saturated heterocycles. The van der Waals surface area contributed by atoms with E-state index in [9.17, 15) is 0 Å². The Morgan fingerprint density at radius 1 is 1.69 bits per heavy atom. The lowest BCUT2D eigenvalue weighted by molar-refractivity contribution is 0.263. The van der Waals surface area contributed by atoms with E-state index in [0.29, 0.717) is 0 Å². The summed E-state index contributed by atoms with van der Waals surface area (Å²) in [5, 5.41) is 3.32. The van der Waals surface area contributed by atoms with Crippen LogP contribution in [-0.4, -0.2) is 49.1 Å². The standard InChI is InChI=1S/C10H20N2S/c1-3-5-11-6-7-12(2)10-4-8-13-9-10/h3,10-11H,1,4-9H2,2H3. The van der Waals surface area contributed by atoms with Crippen LogP contribution in [0.2, 0.25) is 0 Å². The quantitative estimate of drug-likeness (QED) is 0.512. The van der Waals surface area contributed by atoms with Crippen LogP contribution in [-0.2, 0) is 0 Å². The van der Waals surface area contributed by atoms with Crippen molar-refractivity contribution in [2.45, 2.75) is 12.5 Å². The van der Waals surface area contributed by atoms with E-state index < -0.39 is 0 Å². The first-order chi connectivity index (χ1) is 6.34. The topological polar surface area (TPSA) is 15.3 Å². The van der Waals surface area contributed by atoms with Crippen LogP contribution in [0, 0.1) is 0 Å². The molecule has 76 valence electrons. The third-order valence-corrected chi connectivity index (χ3v) is 3.60. The van der Waals surface area contributed by atoms with E-state index in [-0.39, 0.29) is 0 Å². The normalized spacial score (nSPS) is 22.5. The van der Waals surface area contributed by atoms with E-state index in [1.54, 1.807) is 0 Å². The summed E-state index contributed by atoms with van der Waals surface area (Å²) in [6, 6.07) is 0.815. The zero-order valence-electron chi connectivity index (χ0n) is 8.46. The van der Waals surface area contributed by atoms with Gasteiger partial charge in [0.1, 0.15) is 0 Å². The SMILES string of the molecule is C=CCNCCN(C)C1CCSC1. The van der Waals surface area contributed by atoms with E-state index in [4.69, 9.17) is 0 Å². The lowest BCUT2D eigenvalue weighted by Gasteiger charge is -2.23. The van der Waals surface area contributed by atoms with Crippen molar-refractivity contribution in [2.24, 2.45) is 0 Å². The molecule has 1 unspecified atom stereocenters. The highest BCUT2D eigenvalue weighted by Crippen LogP contribution is 2.20. The molecule has 0 spiro atoms. The maximum Gasteiger partial charge on any atom is 0.0191 e. The molecule has 1 aliphatic rings. The number of thioether (sulfide) groups is 1. The third kappa shape index (κ3) is 4.16. The predicted octanol–water partition coefficient (Wildman–Crippen LogP) is 1.20. The van der Waals surface area contributed by atoms with Crippen LogP contribution in [0.4, 0.5) is 0 Å². The average molecular weight is 200 g/mol. The molecular weight excluding hydrogens is 180 g/mol. The molecule has 1 fully saturated rings. The van der Waals surface area contributed by atoms with Gasteiger partial charge in [0.15, 0.2) is 0 Å². The number of hydrogen-bond acceptors (Lipinski definition) is 3. The van der Waals surface area contributed by atoms with Crippen LogP contribution in [0.1, 0.15) is 6.42 Å². The zero-order valence-corrected chi connectivity index (χ0v) is 9.28. The van der Waals surface area contributed by atoms with Crippen molar-refractivity contribution in [3.05, 3.63) is 12.7 Å². The monoisotopic (exact) mass is 200 g/mol. The smallest absolute Gasteiger partial charge is 0.0191 e. The molecule has 0 aliphatic carbocycles. The maximum atomic E-state index is 3.68. The molecule has 0 radical (unpaired) electrons. The van der Waals surface area contributed by atoms with Gasteiger partial charge in [0, 0.05) is 31.4 Å². The Hall–Kier alpha value is 0.0100. The molecule has 1 atom stereocenters. The molecule has 1 aliphatic heterocycles. The summed E-state index contributed by atoms with van der Waals surface area (Å²) in [5.41, 5.74) is 0. The lowest BCUT2D eigenvalue weighted by atomic mass is 10.2. The average Bonchev–Trinajstić information content (AvgIpc) is 2.65. The van der Waals surface area contributed by atoms with Gasteiger partial charge in [0.2, 0.25) is 0 Å². The second-order valence-electron chi connectivity index (χ2n) is 3.49. The van der Waals surface area contributed by atoms with Gasteiger partial charge < -0.3 is 10.2 Å². The van der Waals surface area contributed by atoms with Crippen LogP contribution in [0.5, 0.6) is 0 Å². The van der Waals surface area contributed by atoms with Crippen LogP contribution in [0.15, 0.2) is 12.7 Å². The molecule has 0 aromatic heterocycles. The van der Waals surface area contributed by atoms with E-state index in [0.717, 1.165) is 25.7 Å². The van der Waals surface area contributed by atoms with Gasteiger partial charge in [0.05, 0.1) is 0 Å². The van der Waals surface area contributed by atoms with E-state index in [2.05, 4.69) is 35.6 Å². The fourth-order valence-electron chi connectivity index (χ4n) is 1.51. The summed E-state index contributed by atoms with van der Waals surface area (Å²) < 4.78 is 0. The molecule has 1 heterocycles. The van der Waals surface area contributed by atoms with Gasteiger partial charge >= 0.3 is 0 Å². The van der Waals surface area contributed by atoms with Crippen molar-refractivity contribution in [1.82, 2.24) is 10.2 Å². The number of nitrogens with one attached hydrogen (secondary N) is 1. The summed E-state index contributed by atoms with van der Waals surface area (Å²) in [6.07, 6.45) is 3.27. The molecular formula is C10H20N2S. The first-order valence-electron chi connectivity index (χ1n) is 4.94. The minimum absolute atomic E-state index is 0.815. The van der Waals surface area contributed by atoms with Gasteiger partial charge in [-0.3, -0.25) is 0 Å². The number of likely N-dealkylation sites (N-methyl/N-ethyl adjacent to an activating group) is 1. The first kappa shape index (κ1) is 11.1. The zero-order chi connectivity index (χ0) is 9.52. The lowest BCUT2D eigenvalue weighted by Crippen LogP contribution is -2.36. The summed E-state index contributed by atoms with van der Waals surface area (Å²) in [7, 11) is 2.23. The Bertz CT molecular complexity index is 144. The molecule has 13 heavy (non-hydrogen) atoms. The largest absolute Gasteiger partial charge is 0.312 e. The van der Waals surface area contributed by atoms with Crippen LogP contribution < -0.4 is 5.32 Å². The number of hydrogen-bond donors (Lipinski definition) is 1. The van der Waals surface area contributed by atoms with Crippen molar-refractivity contribution < 1.29 is 0 Å². The van der Waals surface area contributed by atoms with Gasteiger partial charge in [-0.1, -0.05) is 6.08 Å². The Morgan fingerprint density at radius 3 is 3.15 bits per heavy atom. The van der Waals surface area contributed by atoms with Crippen molar-refractivity contribution in [1.29, 1.82) is 0 Å². The van der Waals surface area contributed by atoms with Crippen molar-refractivity contribution in [2.75, 3.05) is 38.2 Å². The van der Waals surface area contributed by atoms with Gasteiger partial charge in [-0.15, -0.1) is 6.58 Å². The van der Waals surface area contributed by atoms with Crippen molar-refractivity contribution in [3.8, 4) is 0 Å². The molecule has 0 bridgehead atoms. The highest BCUT2D eigenvalue weighted by atomic mass is 32.2. The summed E-state index contributed by atoms with van der Waals surface area (Å²) in [5.74, 6) is 2.66. The predicted molar refractivity (Wildman–Crippen MR) is 61.4 cm³/mol. The van der Waals surface area contributed by atoms with E-state index in [1.165, 1.54) is 17.9 Å². The second-order valence-corrected chi connectivity index (χ2v) is 4.64. The minimum Gasteiger partial charge on any atom is -0.312 e. The molecule has 3 heteroatoms. The molecule has 0 aromatic rings. The maximum absolute atomic E-state index is 3.68. The number of nitrogens with zero attached hydrogens (tertiary/aromatic N) is 1. The molecule has 0 saturated carbocycles. The summed E-state index contributed by atoms with van der Waals surface area (Å²) in [6.45, 7) is 6.82. The van der Waals surface area contributed by atoms with Crippen LogP contribution >= 0.6 is 11.8 Å². The van der Waals surface area contributed by atoms with E-state index in [1.807, 2.05) is 6.08 Å². The third-order valence-electron chi connectivity index (χ3n) is 2.46. The molecule has 1 N–H and O–H groups in total. The van der Waals surface area contributed by atoms with E-state index >= 15 is 0 Å². The Kier molecular flexibility index (Phi) is 5.51. The summed E-state index contributed by atoms with van der Waals surface area (Å²) >= 11 is 2.08. The fraction of sp³-hybridized carbons (Fsp3) is 0.800. The Balaban J connectivity index is 2.02. The molecule has 0 aromatic carbocycles. The van der Waals surface area contributed by atoms with Gasteiger partial charge in [-0.05, 0) is 19.2 Å². The molecule has 0 amide bonds. The fourth-order valence-corrected chi connectivity index (χ4v) is 2.81. The van der Waals surface area contributed by atoms with Gasteiger partial charge in [-0.2, -0.15) is 11.8 Å². The minimum atomic E-state index is 0.815. The van der Waals surface area contributed by atoms with Crippen molar-refractivity contribution in [3.63, 3.8) is 0 Å². The highest BCUT2D eigenvalue weighted by Gasteiger charge is 2.18. The van der Waals surface area contributed by atoms with Gasteiger partial charge in [-0.25, -0.2) is 0 Å². The molecule has 2 nitrogen and oxygen atoms in total. The van der Waals surface area contributed by atoms with Crippen molar-refractivity contribution >= 4 is 11.8 Å². The second kappa shape index (κ2) is 6.46. The van der Waals surface area contributed by atoms with Crippen LogP contribution in [0.25, 0.3) is 0 Å². The van der Waals surface area contributed by atoms with Crippen LogP contribution in [0.3, 0.4) is 0 Å². The Labute approximate surface area is 85.8 Å². The Morgan fingerprint density at radius 2 is 2.54 bits per heavy atom. The first-order valence-corrected chi connectivity index (χ1v) is 6.09. The molecule has 1 rings (SSSR count). The highest BCUT2D eigenvalue weighted by molar-refractivity contribution is 7.99. The summed E-state index contributed by atoms with van der Waals surface area (Å²) in [4.78, 5) is 2.47.